The van der Waals surface area contributed by atoms with Gasteiger partial charge in [-0.3, -0.25) is 4.68 Å². The van der Waals surface area contributed by atoms with Gasteiger partial charge in [0.25, 0.3) is 0 Å². The number of hydrogen-bond donors (Lipinski definition) is 2. The topological polar surface area (TPSA) is 88.4 Å². The highest BCUT2D eigenvalue weighted by Gasteiger charge is 2.06. The first-order chi connectivity index (χ1) is 14.9. The largest absolute Gasteiger partial charge is 0.357 e. The molecule has 1 aromatic heterocycles. The summed E-state index contributed by atoms with van der Waals surface area (Å²) in [5.41, 5.74) is 3.40. The van der Waals surface area contributed by atoms with Gasteiger partial charge in [0.05, 0.1) is 18.0 Å². The highest BCUT2D eigenvalue weighted by atomic mass is 32.2. The maximum absolute atomic E-state index is 11.6. The van der Waals surface area contributed by atoms with E-state index in [4.69, 9.17) is 4.99 Å². The van der Waals surface area contributed by atoms with Gasteiger partial charge in [0.1, 0.15) is 0 Å². The zero-order valence-electron chi connectivity index (χ0n) is 18.0. The number of sulfone groups is 1. The molecule has 0 atom stereocenters. The summed E-state index contributed by atoms with van der Waals surface area (Å²) in [5, 5.41) is 10.9. The number of guanidine groups is 1. The molecule has 0 aliphatic heterocycles. The molecule has 3 rings (SSSR count). The SMILES string of the molecule is CCNC(=NCc1cccc(Cn2cccn2)c1)NCCc1ccc(S(C)(=O)=O)cc1. The van der Waals surface area contributed by atoms with Crippen molar-refractivity contribution in [2.75, 3.05) is 19.3 Å². The van der Waals surface area contributed by atoms with E-state index in [9.17, 15) is 8.42 Å². The maximum atomic E-state index is 11.6. The van der Waals surface area contributed by atoms with Crippen molar-refractivity contribution >= 4 is 15.8 Å². The van der Waals surface area contributed by atoms with E-state index in [1.165, 1.54) is 11.8 Å². The van der Waals surface area contributed by atoms with Crippen molar-refractivity contribution in [3.8, 4) is 0 Å². The number of aliphatic imine (C=N–C) groups is 1. The lowest BCUT2D eigenvalue weighted by Gasteiger charge is -2.12. The zero-order chi connectivity index (χ0) is 22.1. The summed E-state index contributed by atoms with van der Waals surface area (Å²) >= 11 is 0. The Labute approximate surface area is 184 Å². The second-order valence-corrected chi connectivity index (χ2v) is 9.33. The van der Waals surface area contributed by atoms with E-state index < -0.39 is 9.84 Å². The van der Waals surface area contributed by atoms with Crippen molar-refractivity contribution in [3.63, 3.8) is 0 Å². The van der Waals surface area contributed by atoms with Crippen LogP contribution in [0.15, 0.2) is 76.9 Å². The predicted octanol–water partition coefficient (Wildman–Crippen LogP) is 2.63. The van der Waals surface area contributed by atoms with Crippen LogP contribution in [-0.4, -0.2) is 43.5 Å². The van der Waals surface area contributed by atoms with Crippen LogP contribution in [0, 0.1) is 0 Å². The number of hydrogen-bond acceptors (Lipinski definition) is 4. The lowest BCUT2D eigenvalue weighted by Crippen LogP contribution is -2.38. The van der Waals surface area contributed by atoms with Gasteiger partial charge in [-0.1, -0.05) is 36.4 Å². The molecule has 1 heterocycles. The van der Waals surface area contributed by atoms with Gasteiger partial charge in [0, 0.05) is 31.7 Å². The number of aromatic nitrogens is 2. The molecule has 0 unspecified atom stereocenters. The van der Waals surface area contributed by atoms with Crippen LogP contribution in [0.25, 0.3) is 0 Å². The van der Waals surface area contributed by atoms with Gasteiger partial charge in [-0.25, -0.2) is 13.4 Å². The van der Waals surface area contributed by atoms with Crippen molar-refractivity contribution in [3.05, 3.63) is 83.7 Å². The predicted molar refractivity (Wildman–Crippen MR) is 124 cm³/mol. The number of nitrogens with one attached hydrogen (secondary N) is 2. The lowest BCUT2D eigenvalue weighted by atomic mass is 10.1. The summed E-state index contributed by atoms with van der Waals surface area (Å²) in [4.78, 5) is 5.03. The fraction of sp³-hybridized carbons (Fsp3) is 0.304. The third-order valence-electron chi connectivity index (χ3n) is 4.72. The fourth-order valence-corrected chi connectivity index (χ4v) is 3.78. The second kappa shape index (κ2) is 10.8. The van der Waals surface area contributed by atoms with Crippen LogP contribution in [0.4, 0.5) is 0 Å². The highest BCUT2D eigenvalue weighted by Crippen LogP contribution is 2.11. The van der Waals surface area contributed by atoms with E-state index >= 15 is 0 Å². The second-order valence-electron chi connectivity index (χ2n) is 7.31. The highest BCUT2D eigenvalue weighted by molar-refractivity contribution is 7.90. The number of benzene rings is 2. The van der Waals surface area contributed by atoms with Gasteiger partial charge in [0.15, 0.2) is 15.8 Å². The maximum Gasteiger partial charge on any atom is 0.191 e. The van der Waals surface area contributed by atoms with E-state index in [1.807, 2.05) is 42.1 Å². The monoisotopic (exact) mass is 439 g/mol. The van der Waals surface area contributed by atoms with Crippen LogP contribution in [0.5, 0.6) is 0 Å². The van der Waals surface area contributed by atoms with Gasteiger partial charge in [-0.05, 0) is 48.2 Å². The molecule has 164 valence electrons. The van der Waals surface area contributed by atoms with Crippen LogP contribution in [0.2, 0.25) is 0 Å². The number of nitrogens with zero attached hydrogens (tertiary/aromatic N) is 3. The fourth-order valence-electron chi connectivity index (χ4n) is 3.15. The molecule has 3 aromatic rings. The van der Waals surface area contributed by atoms with Crippen molar-refractivity contribution < 1.29 is 8.42 Å². The van der Waals surface area contributed by atoms with Gasteiger partial charge in [0.2, 0.25) is 0 Å². The normalized spacial score (nSPS) is 12.0. The summed E-state index contributed by atoms with van der Waals surface area (Å²) in [7, 11) is -3.16. The van der Waals surface area contributed by atoms with Crippen molar-refractivity contribution in [1.29, 1.82) is 0 Å². The van der Waals surface area contributed by atoms with Crippen molar-refractivity contribution in [1.82, 2.24) is 20.4 Å². The molecule has 0 saturated carbocycles. The summed E-state index contributed by atoms with van der Waals surface area (Å²) in [5.74, 6) is 0.757. The Balaban J connectivity index is 1.55. The third-order valence-corrected chi connectivity index (χ3v) is 5.85. The standard InChI is InChI=1S/C23H29N5O2S/c1-3-24-23(25-14-12-19-8-10-22(11-9-19)31(2,29)30)26-17-20-6-4-7-21(16-20)18-28-15-5-13-27-28/h4-11,13,15-16H,3,12,14,17-18H2,1-2H3,(H2,24,25,26). The average molecular weight is 440 g/mol. The minimum absolute atomic E-state index is 0.342. The smallest absolute Gasteiger partial charge is 0.191 e. The molecule has 0 saturated heterocycles. The molecule has 0 spiro atoms. The number of rotatable bonds is 9. The van der Waals surface area contributed by atoms with E-state index in [-0.39, 0.29) is 0 Å². The Morgan fingerprint density at radius 3 is 2.48 bits per heavy atom. The third kappa shape index (κ3) is 7.25. The average Bonchev–Trinajstić information content (AvgIpc) is 3.25. The van der Waals surface area contributed by atoms with E-state index in [2.05, 4.69) is 33.9 Å². The molecule has 8 heteroatoms. The Morgan fingerprint density at radius 1 is 1.03 bits per heavy atom. The van der Waals surface area contributed by atoms with E-state index in [0.717, 1.165) is 36.6 Å². The van der Waals surface area contributed by atoms with Crippen LogP contribution >= 0.6 is 0 Å². The molecule has 0 aliphatic carbocycles. The first kappa shape index (κ1) is 22.6. The molecule has 0 radical (unpaired) electrons. The molecule has 2 N–H and O–H groups in total. The van der Waals surface area contributed by atoms with Gasteiger partial charge in [-0.2, -0.15) is 5.10 Å². The molecule has 31 heavy (non-hydrogen) atoms. The quantitative estimate of drug-likeness (QED) is 0.395. The molecular formula is C23H29N5O2S. The summed E-state index contributed by atoms with van der Waals surface area (Å²) in [6.45, 7) is 4.82. The van der Waals surface area contributed by atoms with E-state index in [0.29, 0.717) is 18.0 Å². The lowest BCUT2D eigenvalue weighted by molar-refractivity contribution is 0.602. The first-order valence-electron chi connectivity index (χ1n) is 10.3. The van der Waals surface area contributed by atoms with E-state index in [1.54, 1.807) is 18.3 Å². The molecular weight excluding hydrogens is 410 g/mol. The summed E-state index contributed by atoms with van der Waals surface area (Å²) in [6.07, 6.45) is 5.72. The molecule has 0 fully saturated rings. The Bertz CT molecular complexity index is 1090. The van der Waals surface area contributed by atoms with Crippen molar-refractivity contribution in [2.45, 2.75) is 31.3 Å². The minimum Gasteiger partial charge on any atom is -0.357 e. The van der Waals surface area contributed by atoms with Crippen LogP contribution in [0.3, 0.4) is 0 Å². The van der Waals surface area contributed by atoms with Gasteiger partial charge >= 0.3 is 0 Å². The molecule has 2 aromatic carbocycles. The molecule has 0 amide bonds. The van der Waals surface area contributed by atoms with Crippen LogP contribution in [0.1, 0.15) is 23.6 Å². The molecule has 0 aliphatic rings. The summed E-state index contributed by atoms with van der Waals surface area (Å²) < 4.78 is 25.0. The Kier molecular flexibility index (Phi) is 7.83. The minimum atomic E-state index is -3.16. The molecule has 0 bridgehead atoms. The zero-order valence-corrected chi connectivity index (χ0v) is 18.8. The van der Waals surface area contributed by atoms with Gasteiger partial charge in [-0.15, -0.1) is 0 Å². The first-order valence-corrected chi connectivity index (χ1v) is 12.2. The Hall–Kier alpha value is -3.13. The van der Waals surface area contributed by atoms with Crippen LogP contribution < -0.4 is 10.6 Å². The van der Waals surface area contributed by atoms with Crippen LogP contribution in [-0.2, 0) is 29.3 Å². The van der Waals surface area contributed by atoms with Gasteiger partial charge < -0.3 is 10.6 Å². The van der Waals surface area contributed by atoms with Crippen molar-refractivity contribution in [2.24, 2.45) is 4.99 Å². The Morgan fingerprint density at radius 2 is 1.81 bits per heavy atom. The summed E-state index contributed by atoms with van der Waals surface area (Å²) in [6, 6.07) is 17.3. The molecule has 7 nitrogen and oxygen atoms in total.